The van der Waals surface area contributed by atoms with Gasteiger partial charge in [0.1, 0.15) is 12.4 Å². The van der Waals surface area contributed by atoms with Crippen LogP contribution in [0.15, 0.2) is 21.8 Å². The lowest BCUT2D eigenvalue weighted by atomic mass is 9.96. The zero-order valence-electron chi connectivity index (χ0n) is 15.6. The number of halogens is 1. The van der Waals surface area contributed by atoms with Gasteiger partial charge in [-0.2, -0.15) is 0 Å². The van der Waals surface area contributed by atoms with Gasteiger partial charge in [0.05, 0.1) is 6.04 Å². The summed E-state index contributed by atoms with van der Waals surface area (Å²) in [6.45, 7) is 7.79. The number of amides is 1. The Morgan fingerprint density at radius 3 is 2.92 bits per heavy atom. The summed E-state index contributed by atoms with van der Waals surface area (Å²) in [6.07, 6.45) is 4.00. The molecule has 140 valence electrons. The summed E-state index contributed by atoms with van der Waals surface area (Å²) in [7, 11) is 1.73. The highest BCUT2D eigenvalue weighted by Gasteiger charge is 2.31. The van der Waals surface area contributed by atoms with Crippen molar-refractivity contribution in [3.63, 3.8) is 0 Å². The normalized spacial score (nSPS) is 27.4. The standard InChI is InChI=1S/C18H30FN5O/c1-12(2)23-16(25)10-22-18(24-7-5-6-13(3)11-24)14-8-21-9-15(19)17(14)20-4/h8-9,12-13,15,17,20H,5-7,10-11H2,1-4H3,(H,23,25)/b22-18+. The van der Waals surface area contributed by atoms with Gasteiger partial charge >= 0.3 is 0 Å². The number of rotatable bonds is 5. The fourth-order valence-corrected chi connectivity index (χ4v) is 3.32. The van der Waals surface area contributed by atoms with E-state index in [9.17, 15) is 9.18 Å². The Morgan fingerprint density at radius 2 is 2.28 bits per heavy atom. The van der Waals surface area contributed by atoms with Crippen molar-refractivity contribution in [1.82, 2.24) is 15.5 Å². The van der Waals surface area contributed by atoms with Crippen LogP contribution < -0.4 is 10.6 Å². The van der Waals surface area contributed by atoms with Crippen molar-refractivity contribution in [2.45, 2.75) is 51.9 Å². The van der Waals surface area contributed by atoms with E-state index in [0.717, 1.165) is 19.5 Å². The number of alkyl halides is 1. The third kappa shape index (κ3) is 5.36. The molecule has 2 heterocycles. The van der Waals surface area contributed by atoms with Crippen molar-refractivity contribution >= 4 is 18.0 Å². The summed E-state index contributed by atoms with van der Waals surface area (Å²) >= 11 is 0. The lowest BCUT2D eigenvalue weighted by Crippen LogP contribution is -2.48. The molecule has 1 fully saturated rings. The fourth-order valence-electron chi connectivity index (χ4n) is 3.32. The average Bonchev–Trinajstić information content (AvgIpc) is 2.54. The number of nitrogens with zero attached hydrogens (tertiary/aromatic N) is 3. The molecular weight excluding hydrogens is 321 g/mol. The van der Waals surface area contributed by atoms with Gasteiger partial charge in [-0.1, -0.05) is 6.92 Å². The van der Waals surface area contributed by atoms with E-state index in [1.54, 1.807) is 13.2 Å². The topological polar surface area (TPSA) is 69.1 Å². The lowest BCUT2D eigenvalue weighted by Gasteiger charge is -2.36. The molecule has 0 aliphatic carbocycles. The first kappa shape index (κ1) is 19.6. The molecule has 1 saturated heterocycles. The molecular formula is C18H30FN5O. The van der Waals surface area contributed by atoms with Crippen LogP contribution in [0, 0.1) is 5.92 Å². The van der Waals surface area contributed by atoms with E-state index in [4.69, 9.17) is 0 Å². The molecule has 0 spiro atoms. The number of hydrogen-bond acceptors (Lipinski definition) is 4. The van der Waals surface area contributed by atoms with E-state index in [0.29, 0.717) is 17.3 Å². The Kier molecular flexibility index (Phi) is 7.11. The zero-order chi connectivity index (χ0) is 18.4. The average molecular weight is 351 g/mol. The van der Waals surface area contributed by atoms with E-state index >= 15 is 0 Å². The summed E-state index contributed by atoms with van der Waals surface area (Å²) in [6, 6.07) is -0.429. The summed E-state index contributed by atoms with van der Waals surface area (Å²) in [5, 5.41) is 5.86. The Labute approximate surface area is 149 Å². The van der Waals surface area contributed by atoms with Gasteiger partial charge < -0.3 is 15.5 Å². The lowest BCUT2D eigenvalue weighted by molar-refractivity contribution is -0.120. The minimum Gasteiger partial charge on any atom is -0.356 e. The number of likely N-dealkylation sites (tertiary alicyclic amines) is 1. The number of carbonyl (C=O) groups excluding carboxylic acids is 1. The van der Waals surface area contributed by atoms with E-state index in [1.807, 2.05) is 13.8 Å². The fraction of sp³-hybridized carbons (Fsp3) is 0.722. The van der Waals surface area contributed by atoms with Crippen LogP contribution >= 0.6 is 0 Å². The molecule has 6 nitrogen and oxygen atoms in total. The molecule has 7 heteroatoms. The van der Waals surface area contributed by atoms with E-state index in [2.05, 4.69) is 32.4 Å². The van der Waals surface area contributed by atoms with Gasteiger partial charge in [0, 0.05) is 37.1 Å². The smallest absolute Gasteiger partial charge is 0.241 e. The second kappa shape index (κ2) is 9.08. The van der Waals surface area contributed by atoms with Crippen LogP contribution in [0.2, 0.25) is 0 Å². The minimum atomic E-state index is -1.21. The maximum atomic E-state index is 14.3. The maximum absolute atomic E-state index is 14.3. The molecule has 0 aromatic rings. The largest absolute Gasteiger partial charge is 0.356 e. The molecule has 0 aromatic heterocycles. The highest BCUT2D eigenvalue weighted by molar-refractivity contribution is 6.02. The molecule has 2 aliphatic heterocycles. The Balaban J connectivity index is 2.26. The van der Waals surface area contributed by atoms with Crippen LogP contribution in [-0.4, -0.2) is 67.8 Å². The molecule has 1 amide bonds. The number of aliphatic imine (C=N–C) groups is 2. The van der Waals surface area contributed by atoms with Gasteiger partial charge in [-0.25, -0.2) is 4.39 Å². The highest BCUT2D eigenvalue weighted by atomic mass is 19.1. The summed E-state index contributed by atoms with van der Waals surface area (Å²) in [4.78, 5) is 22.8. The number of hydrogen-bond donors (Lipinski definition) is 2. The molecule has 0 bridgehead atoms. The predicted molar refractivity (Wildman–Crippen MR) is 99.9 cm³/mol. The molecule has 0 radical (unpaired) electrons. The second-order valence-electron chi connectivity index (χ2n) is 7.15. The maximum Gasteiger partial charge on any atom is 0.241 e. The van der Waals surface area contributed by atoms with E-state index in [-0.39, 0.29) is 18.5 Å². The Hall–Kier alpha value is -1.76. The molecule has 0 saturated carbocycles. The molecule has 25 heavy (non-hydrogen) atoms. The zero-order valence-corrected chi connectivity index (χ0v) is 15.6. The van der Waals surface area contributed by atoms with Crippen molar-refractivity contribution in [2.75, 3.05) is 26.7 Å². The van der Waals surface area contributed by atoms with Crippen molar-refractivity contribution in [3.8, 4) is 0 Å². The first-order valence-electron chi connectivity index (χ1n) is 9.06. The van der Waals surface area contributed by atoms with Crippen LogP contribution in [0.25, 0.3) is 0 Å². The van der Waals surface area contributed by atoms with Crippen LogP contribution in [-0.2, 0) is 4.79 Å². The number of nitrogens with one attached hydrogen (secondary N) is 2. The molecule has 2 aliphatic rings. The first-order chi connectivity index (χ1) is 11.9. The van der Waals surface area contributed by atoms with Gasteiger partial charge in [-0.3, -0.25) is 14.8 Å². The predicted octanol–water partition coefficient (Wildman–Crippen LogP) is 1.54. The van der Waals surface area contributed by atoms with Crippen LogP contribution in [0.1, 0.15) is 33.6 Å². The SMILES string of the molecule is CNC1C(/C(=N\CC(=O)NC(C)C)N2CCCC(C)C2)=CN=CC1F. The van der Waals surface area contributed by atoms with Crippen LogP contribution in [0.5, 0.6) is 0 Å². The molecule has 3 atom stereocenters. The summed E-state index contributed by atoms with van der Waals surface area (Å²) < 4.78 is 14.3. The quantitative estimate of drug-likeness (QED) is 0.583. The number of amidine groups is 1. The van der Waals surface area contributed by atoms with Gasteiger partial charge in [-0.05, 0) is 39.7 Å². The van der Waals surface area contributed by atoms with Gasteiger partial charge in [0.2, 0.25) is 5.91 Å². The molecule has 2 rings (SSSR count). The number of piperidine rings is 1. The van der Waals surface area contributed by atoms with Crippen LogP contribution in [0.4, 0.5) is 4.39 Å². The van der Waals surface area contributed by atoms with Crippen LogP contribution in [0.3, 0.4) is 0 Å². The van der Waals surface area contributed by atoms with Gasteiger partial charge in [0.15, 0.2) is 6.17 Å². The van der Waals surface area contributed by atoms with E-state index in [1.165, 1.54) is 12.6 Å². The summed E-state index contributed by atoms with van der Waals surface area (Å²) in [5.41, 5.74) is 0.712. The Morgan fingerprint density at radius 1 is 1.52 bits per heavy atom. The van der Waals surface area contributed by atoms with Crippen molar-refractivity contribution in [1.29, 1.82) is 0 Å². The molecule has 3 unspecified atom stereocenters. The third-order valence-electron chi connectivity index (χ3n) is 4.44. The van der Waals surface area contributed by atoms with Gasteiger partial charge in [-0.15, -0.1) is 0 Å². The Bertz CT molecular complexity index is 558. The van der Waals surface area contributed by atoms with Gasteiger partial charge in [0.25, 0.3) is 0 Å². The van der Waals surface area contributed by atoms with Crippen molar-refractivity contribution in [3.05, 3.63) is 11.8 Å². The molecule has 2 N–H and O–H groups in total. The summed E-state index contributed by atoms with van der Waals surface area (Å²) in [5.74, 6) is 1.10. The minimum absolute atomic E-state index is 0.0346. The van der Waals surface area contributed by atoms with Crippen molar-refractivity contribution < 1.29 is 9.18 Å². The second-order valence-corrected chi connectivity index (χ2v) is 7.15. The monoisotopic (exact) mass is 351 g/mol. The van der Waals surface area contributed by atoms with Crippen molar-refractivity contribution in [2.24, 2.45) is 15.9 Å². The first-order valence-corrected chi connectivity index (χ1v) is 9.06. The molecule has 0 aromatic carbocycles. The van der Waals surface area contributed by atoms with E-state index < -0.39 is 12.2 Å². The number of likely N-dealkylation sites (N-methyl/N-ethyl adjacent to an activating group) is 1. The third-order valence-corrected chi connectivity index (χ3v) is 4.44. The highest BCUT2D eigenvalue weighted by Crippen LogP contribution is 2.22. The number of carbonyl (C=O) groups is 1.